The van der Waals surface area contributed by atoms with Crippen LogP contribution in [0.1, 0.15) is 29.0 Å². The molecule has 0 unspecified atom stereocenters. The number of nitrogens with zero attached hydrogens (tertiary/aromatic N) is 3. The van der Waals surface area contributed by atoms with Crippen LogP contribution in [0.4, 0.5) is 0 Å². The zero-order chi connectivity index (χ0) is 21.9. The lowest BCUT2D eigenvalue weighted by molar-refractivity contribution is -0.128. The van der Waals surface area contributed by atoms with Crippen LogP contribution in [0.2, 0.25) is 0 Å². The van der Waals surface area contributed by atoms with Gasteiger partial charge < -0.3 is 4.90 Å². The molecule has 32 heavy (non-hydrogen) atoms. The van der Waals surface area contributed by atoms with Gasteiger partial charge in [0.25, 0.3) is 0 Å². The van der Waals surface area contributed by atoms with Gasteiger partial charge in [-0.2, -0.15) is 5.10 Å². The first kappa shape index (κ1) is 20.6. The fourth-order valence-electron chi connectivity index (χ4n) is 4.07. The molecule has 0 N–H and O–H groups in total. The van der Waals surface area contributed by atoms with Crippen molar-refractivity contribution in [2.45, 2.75) is 25.3 Å². The summed E-state index contributed by atoms with van der Waals surface area (Å²) in [4.78, 5) is 14.8. The number of carbonyl (C=O) groups excluding carboxylic acids is 1. The minimum atomic E-state index is -0.0685. The predicted octanol–water partition coefficient (Wildman–Crippen LogP) is 5.88. The highest BCUT2D eigenvalue weighted by Gasteiger charge is 2.35. The second-order valence-corrected chi connectivity index (χ2v) is 9.00. The van der Waals surface area contributed by atoms with E-state index in [0.29, 0.717) is 12.3 Å². The van der Waals surface area contributed by atoms with Crippen LogP contribution in [0.15, 0.2) is 91.1 Å². The van der Waals surface area contributed by atoms with E-state index in [-0.39, 0.29) is 11.3 Å². The zero-order valence-corrected chi connectivity index (χ0v) is 18.8. The normalized spacial score (nSPS) is 16.0. The van der Waals surface area contributed by atoms with Crippen molar-refractivity contribution in [3.63, 3.8) is 0 Å². The standard InChI is InChI=1S/C27H25N3OS/c1-2-20-13-15-22(16-14-20)26-24(18-30(28-26)23-11-7-4-8-12-23)27-29(25(31)19-32-27)17-21-9-5-3-6-10-21/h3-16,18,27H,2,17,19H2,1H3/t27-/m0/s1. The van der Waals surface area contributed by atoms with E-state index in [9.17, 15) is 4.79 Å². The van der Waals surface area contributed by atoms with E-state index < -0.39 is 0 Å². The van der Waals surface area contributed by atoms with Gasteiger partial charge in [-0.1, -0.05) is 79.7 Å². The summed E-state index contributed by atoms with van der Waals surface area (Å²) in [6.07, 6.45) is 3.09. The third-order valence-electron chi connectivity index (χ3n) is 5.83. The number of aryl methyl sites for hydroxylation is 1. The van der Waals surface area contributed by atoms with Crippen LogP contribution >= 0.6 is 11.8 Å². The molecule has 0 radical (unpaired) electrons. The van der Waals surface area contributed by atoms with E-state index in [0.717, 1.165) is 34.5 Å². The quantitative estimate of drug-likeness (QED) is 0.377. The number of thioether (sulfide) groups is 1. The number of benzene rings is 3. The van der Waals surface area contributed by atoms with Crippen LogP contribution in [0.5, 0.6) is 0 Å². The molecule has 1 atom stereocenters. The molecule has 0 aliphatic carbocycles. The number of carbonyl (C=O) groups is 1. The SMILES string of the molecule is CCc1ccc(-c2nn(-c3ccccc3)cc2[C@@H]2SCC(=O)N2Cc2ccccc2)cc1. The van der Waals surface area contributed by atoms with Gasteiger partial charge in [0, 0.05) is 23.9 Å². The second-order valence-electron chi connectivity index (χ2n) is 7.93. The lowest BCUT2D eigenvalue weighted by Gasteiger charge is -2.24. The molecule has 4 aromatic rings. The van der Waals surface area contributed by atoms with E-state index in [1.54, 1.807) is 11.8 Å². The van der Waals surface area contributed by atoms with Gasteiger partial charge in [-0.3, -0.25) is 4.79 Å². The Labute approximate surface area is 192 Å². The summed E-state index contributed by atoms with van der Waals surface area (Å²) in [6, 6.07) is 28.9. The van der Waals surface area contributed by atoms with Crippen molar-refractivity contribution in [1.29, 1.82) is 0 Å². The van der Waals surface area contributed by atoms with Crippen molar-refractivity contribution in [1.82, 2.24) is 14.7 Å². The number of hydrogen-bond donors (Lipinski definition) is 0. The molecule has 0 spiro atoms. The minimum Gasteiger partial charge on any atom is -0.321 e. The molecule has 5 heteroatoms. The fraction of sp³-hybridized carbons (Fsp3) is 0.185. The predicted molar refractivity (Wildman–Crippen MR) is 131 cm³/mol. The summed E-state index contributed by atoms with van der Waals surface area (Å²) in [5, 5.41) is 4.91. The summed E-state index contributed by atoms with van der Waals surface area (Å²) in [6.45, 7) is 2.76. The molecule has 1 amide bonds. The van der Waals surface area contributed by atoms with Crippen molar-refractivity contribution < 1.29 is 4.79 Å². The summed E-state index contributed by atoms with van der Waals surface area (Å²) < 4.78 is 1.93. The van der Waals surface area contributed by atoms with Gasteiger partial charge in [0.15, 0.2) is 0 Å². The van der Waals surface area contributed by atoms with Crippen LogP contribution in [-0.4, -0.2) is 26.3 Å². The average molecular weight is 440 g/mol. The number of para-hydroxylation sites is 1. The minimum absolute atomic E-state index is 0.0685. The molecule has 0 saturated carbocycles. The Bertz CT molecular complexity index is 1200. The molecule has 1 aliphatic rings. The third-order valence-corrected chi connectivity index (χ3v) is 7.07. The lowest BCUT2D eigenvalue weighted by Crippen LogP contribution is -2.27. The number of hydrogen-bond acceptors (Lipinski definition) is 3. The maximum Gasteiger partial charge on any atom is 0.234 e. The molecule has 2 heterocycles. The molecule has 4 nitrogen and oxygen atoms in total. The molecule has 1 saturated heterocycles. The molecule has 0 bridgehead atoms. The number of rotatable bonds is 6. The van der Waals surface area contributed by atoms with Crippen molar-refractivity contribution in [2.75, 3.05) is 5.75 Å². The van der Waals surface area contributed by atoms with E-state index in [4.69, 9.17) is 5.10 Å². The number of aromatic nitrogens is 2. The topological polar surface area (TPSA) is 38.1 Å². The Kier molecular flexibility index (Phi) is 5.82. The highest BCUT2D eigenvalue weighted by molar-refractivity contribution is 8.00. The summed E-state index contributed by atoms with van der Waals surface area (Å²) in [5.41, 5.74) is 6.53. The Hall–Kier alpha value is -3.31. The van der Waals surface area contributed by atoms with Gasteiger partial charge in [-0.15, -0.1) is 11.8 Å². The van der Waals surface area contributed by atoms with Crippen molar-refractivity contribution in [3.8, 4) is 16.9 Å². The molecule has 1 aliphatic heterocycles. The van der Waals surface area contributed by atoms with Crippen LogP contribution < -0.4 is 0 Å². The Morgan fingerprint density at radius 2 is 1.59 bits per heavy atom. The van der Waals surface area contributed by atoms with Gasteiger partial charge in [0.1, 0.15) is 5.37 Å². The van der Waals surface area contributed by atoms with Gasteiger partial charge in [-0.05, 0) is 29.7 Å². The lowest BCUT2D eigenvalue weighted by atomic mass is 10.0. The Morgan fingerprint density at radius 1 is 0.906 bits per heavy atom. The monoisotopic (exact) mass is 439 g/mol. The van der Waals surface area contributed by atoms with E-state index in [2.05, 4.69) is 61.7 Å². The van der Waals surface area contributed by atoms with Crippen LogP contribution in [0, 0.1) is 0 Å². The van der Waals surface area contributed by atoms with Crippen LogP contribution in [-0.2, 0) is 17.8 Å². The second kappa shape index (κ2) is 9.05. The zero-order valence-electron chi connectivity index (χ0n) is 18.0. The molecule has 5 rings (SSSR count). The van der Waals surface area contributed by atoms with Gasteiger partial charge >= 0.3 is 0 Å². The van der Waals surface area contributed by atoms with E-state index in [1.807, 2.05) is 46.0 Å². The highest BCUT2D eigenvalue weighted by atomic mass is 32.2. The number of amides is 1. The Morgan fingerprint density at radius 3 is 2.28 bits per heavy atom. The largest absolute Gasteiger partial charge is 0.321 e. The first-order valence-electron chi connectivity index (χ1n) is 10.9. The fourth-order valence-corrected chi connectivity index (χ4v) is 5.26. The first-order chi connectivity index (χ1) is 15.7. The van der Waals surface area contributed by atoms with Crippen molar-refractivity contribution >= 4 is 17.7 Å². The maximum atomic E-state index is 12.8. The van der Waals surface area contributed by atoms with Crippen LogP contribution in [0.25, 0.3) is 16.9 Å². The summed E-state index contributed by atoms with van der Waals surface area (Å²) in [5.74, 6) is 0.658. The van der Waals surface area contributed by atoms with E-state index >= 15 is 0 Å². The Balaban J connectivity index is 1.57. The summed E-state index contributed by atoms with van der Waals surface area (Å²) >= 11 is 1.68. The van der Waals surface area contributed by atoms with Crippen LogP contribution in [0.3, 0.4) is 0 Å². The van der Waals surface area contributed by atoms with Crippen molar-refractivity contribution in [3.05, 3.63) is 108 Å². The maximum absolute atomic E-state index is 12.8. The highest BCUT2D eigenvalue weighted by Crippen LogP contribution is 2.43. The van der Waals surface area contributed by atoms with Gasteiger partial charge in [0.05, 0.1) is 17.1 Å². The average Bonchev–Trinajstić information content (AvgIpc) is 3.44. The van der Waals surface area contributed by atoms with Crippen molar-refractivity contribution in [2.24, 2.45) is 0 Å². The van der Waals surface area contributed by atoms with E-state index in [1.165, 1.54) is 5.56 Å². The molecule has 1 fully saturated rings. The molecule has 160 valence electrons. The van der Waals surface area contributed by atoms with Gasteiger partial charge in [-0.25, -0.2) is 4.68 Å². The molecular weight excluding hydrogens is 414 g/mol. The van der Waals surface area contributed by atoms with Gasteiger partial charge in [0.2, 0.25) is 5.91 Å². The summed E-state index contributed by atoms with van der Waals surface area (Å²) in [7, 11) is 0. The molecule has 1 aromatic heterocycles. The molecular formula is C27H25N3OS. The molecule has 3 aromatic carbocycles. The third kappa shape index (κ3) is 4.08. The first-order valence-corrected chi connectivity index (χ1v) is 12.0. The smallest absolute Gasteiger partial charge is 0.234 e.